The van der Waals surface area contributed by atoms with Crippen LogP contribution in [-0.2, 0) is 14.8 Å². The summed E-state index contributed by atoms with van der Waals surface area (Å²) in [4.78, 5) is 14.8. The minimum Gasteiger partial charge on any atom is -0.484 e. The van der Waals surface area contributed by atoms with Gasteiger partial charge in [-0.1, -0.05) is 18.9 Å². The summed E-state index contributed by atoms with van der Waals surface area (Å²) in [5.74, 6) is 1.26. The minimum atomic E-state index is -3.56. The maximum atomic E-state index is 12.8. The van der Waals surface area contributed by atoms with Gasteiger partial charge >= 0.3 is 0 Å². The summed E-state index contributed by atoms with van der Waals surface area (Å²) < 4.78 is 32.6. The summed E-state index contributed by atoms with van der Waals surface area (Å²) in [5, 5.41) is 1.74. The zero-order valence-corrected chi connectivity index (χ0v) is 18.8. The molecule has 8 heteroatoms. The van der Waals surface area contributed by atoms with E-state index in [1.54, 1.807) is 41.8 Å². The van der Waals surface area contributed by atoms with Crippen molar-refractivity contribution in [2.45, 2.75) is 48.8 Å². The van der Waals surface area contributed by atoms with Crippen LogP contribution < -0.4 is 9.04 Å². The highest BCUT2D eigenvalue weighted by Gasteiger charge is 2.35. The molecular formula is C22H28N2O4S2. The second-order valence-electron chi connectivity index (χ2n) is 8.03. The van der Waals surface area contributed by atoms with E-state index in [0.717, 1.165) is 19.4 Å². The number of amides is 1. The molecular weight excluding hydrogens is 420 g/mol. The molecule has 1 aliphatic carbocycles. The van der Waals surface area contributed by atoms with E-state index in [-0.39, 0.29) is 12.5 Å². The number of rotatable bonds is 6. The van der Waals surface area contributed by atoms with Gasteiger partial charge in [-0.3, -0.25) is 9.10 Å². The highest BCUT2D eigenvalue weighted by molar-refractivity contribution is 7.94. The van der Waals surface area contributed by atoms with E-state index >= 15 is 0 Å². The summed E-state index contributed by atoms with van der Waals surface area (Å²) in [6.07, 6.45) is 7.14. The van der Waals surface area contributed by atoms with Gasteiger partial charge in [0.15, 0.2) is 6.61 Å². The molecule has 6 nitrogen and oxygen atoms in total. The van der Waals surface area contributed by atoms with Crippen molar-refractivity contribution in [2.75, 3.05) is 24.5 Å². The third-order valence-corrected chi connectivity index (χ3v) is 9.39. The molecule has 1 aromatic heterocycles. The number of nitrogens with zero attached hydrogens (tertiary/aromatic N) is 2. The van der Waals surface area contributed by atoms with Crippen LogP contribution in [0.4, 0.5) is 5.69 Å². The van der Waals surface area contributed by atoms with E-state index in [9.17, 15) is 13.2 Å². The Bertz CT molecular complexity index is 956. The van der Waals surface area contributed by atoms with E-state index < -0.39 is 10.0 Å². The van der Waals surface area contributed by atoms with Crippen molar-refractivity contribution in [1.82, 2.24) is 4.90 Å². The Balaban J connectivity index is 1.36. The van der Waals surface area contributed by atoms with Crippen LogP contribution in [0.3, 0.4) is 0 Å². The van der Waals surface area contributed by atoms with Crippen LogP contribution in [0.25, 0.3) is 0 Å². The molecule has 162 valence electrons. The fourth-order valence-electron chi connectivity index (χ4n) is 4.60. The summed E-state index contributed by atoms with van der Waals surface area (Å²) in [5.41, 5.74) is 0.545. The molecule has 2 fully saturated rings. The van der Waals surface area contributed by atoms with Crippen molar-refractivity contribution in [3.8, 4) is 5.75 Å². The largest absolute Gasteiger partial charge is 0.484 e. The van der Waals surface area contributed by atoms with E-state index in [4.69, 9.17) is 4.74 Å². The third-order valence-electron chi connectivity index (χ3n) is 6.24. The van der Waals surface area contributed by atoms with E-state index in [2.05, 4.69) is 0 Å². The van der Waals surface area contributed by atoms with E-state index in [1.807, 2.05) is 4.90 Å². The quantitative estimate of drug-likeness (QED) is 0.666. The molecule has 2 aromatic rings. The fraction of sp³-hybridized carbons (Fsp3) is 0.500. The monoisotopic (exact) mass is 448 g/mol. The number of sulfonamides is 1. The number of hydrogen-bond acceptors (Lipinski definition) is 5. The molecule has 2 atom stereocenters. The van der Waals surface area contributed by atoms with Gasteiger partial charge in [-0.15, -0.1) is 11.3 Å². The van der Waals surface area contributed by atoms with Gasteiger partial charge in [0, 0.05) is 19.6 Å². The second-order valence-corrected chi connectivity index (χ2v) is 11.2. The molecule has 1 saturated carbocycles. The van der Waals surface area contributed by atoms with Gasteiger partial charge in [0.1, 0.15) is 9.96 Å². The molecule has 0 bridgehead atoms. The second kappa shape index (κ2) is 8.98. The Hall–Kier alpha value is -2.06. The summed E-state index contributed by atoms with van der Waals surface area (Å²) in [7, 11) is -2.03. The Morgan fingerprint density at radius 3 is 2.60 bits per heavy atom. The molecule has 2 heterocycles. The summed E-state index contributed by atoms with van der Waals surface area (Å²) in [6, 6.07) is 10.5. The Labute approximate surface area is 182 Å². The lowest BCUT2D eigenvalue weighted by molar-refractivity contribution is -0.139. The number of carbonyl (C=O) groups excluding carboxylic acids is 1. The van der Waals surface area contributed by atoms with Crippen LogP contribution in [-0.4, -0.2) is 45.5 Å². The number of fused-ring (bicyclic) bond motifs is 1. The SMILES string of the molecule is CN(c1ccc(OCC(=O)N2CCC[C@@H]3CCCC[C@H]32)cc1)S(=O)(=O)c1cccs1. The predicted octanol–water partition coefficient (Wildman–Crippen LogP) is 4.13. The van der Waals surface area contributed by atoms with Gasteiger partial charge in [-0.25, -0.2) is 8.42 Å². The number of likely N-dealkylation sites (tertiary alicyclic amines) is 1. The van der Waals surface area contributed by atoms with Crippen molar-refractivity contribution < 1.29 is 17.9 Å². The highest BCUT2D eigenvalue weighted by atomic mass is 32.2. The van der Waals surface area contributed by atoms with Crippen LogP contribution in [0.15, 0.2) is 46.0 Å². The van der Waals surface area contributed by atoms with E-state index in [1.165, 1.54) is 48.4 Å². The number of benzene rings is 1. The third kappa shape index (κ3) is 4.34. The van der Waals surface area contributed by atoms with Gasteiger partial charge in [0.25, 0.3) is 15.9 Å². The molecule has 0 radical (unpaired) electrons. The summed E-state index contributed by atoms with van der Waals surface area (Å²) >= 11 is 1.19. The number of hydrogen-bond donors (Lipinski definition) is 0. The van der Waals surface area contributed by atoms with Crippen LogP contribution in [0.1, 0.15) is 38.5 Å². The zero-order chi connectivity index (χ0) is 21.1. The molecule has 1 amide bonds. The average molecular weight is 449 g/mol. The van der Waals surface area contributed by atoms with Gasteiger partial charge in [0.05, 0.1) is 5.69 Å². The molecule has 2 aliphatic rings. The molecule has 0 spiro atoms. The van der Waals surface area contributed by atoms with E-state index in [0.29, 0.717) is 27.6 Å². The number of ether oxygens (including phenoxy) is 1. The first kappa shape index (κ1) is 21.2. The first-order valence-electron chi connectivity index (χ1n) is 10.5. The van der Waals surface area contributed by atoms with Crippen LogP contribution in [0.2, 0.25) is 0 Å². The number of carbonyl (C=O) groups is 1. The lowest BCUT2D eigenvalue weighted by Crippen LogP contribution is -2.51. The van der Waals surface area contributed by atoms with Crippen LogP contribution in [0, 0.1) is 5.92 Å². The number of anilines is 1. The maximum Gasteiger partial charge on any atom is 0.273 e. The van der Waals surface area contributed by atoms with Crippen molar-refractivity contribution >= 4 is 33.0 Å². The van der Waals surface area contributed by atoms with Gasteiger partial charge in [-0.2, -0.15) is 0 Å². The summed E-state index contributed by atoms with van der Waals surface area (Å²) in [6.45, 7) is 0.847. The molecule has 1 aliphatic heterocycles. The van der Waals surface area contributed by atoms with Gasteiger partial charge in [0.2, 0.25) is 0 Å². The smallest absolute Gasteiger partial charge is 0.273 e. The van der Waals surface area contributed by atoms with Gasteiger partial charge in [-0.05, 0) is 67.3 Å². The molecule has 4 rings (SSSR count). The Morgan fingerprint density at radius 1 is 1.13 bits per heavy atom. The fourth-order valence-corrected chi connectivity index (χ4v) is 6.96. The molecule has 30 heavy (non-hydrogen) atoms. The lowest BCUT2D eigenvalue weighted by atomic mass is 9.78. The van der Waals surface area contributed by atoms with Gasteiger partial charge < -0.3 is 9.64 Å². The minimum absolute atomic E-state index is 0.0197. The molecule has 1 aromatic carbocycles. The number of piperidine rings is 1. The molecule has 0 unspecified atom stereocenters. The van der Waals surface area contributed by atoms with Crippen molar-refractivity contribution in [2.24, 2.45) is 5.92 Å². The van der Waals surface area contributed by atoms with Crippen LogP contribution in [0.5, 0.6) is 5.75 Å². The molecule has 0 N–H and O–H groups in total. The standard InChI is InChI=1S/C22H28N2O4S2/c1-23(30(26,27)22-9-5-15-29-22)18-10-12-19(13-11-18)28-16-21(25)24-14-4-7-17-6-2-3-8-20(17)24/h5,9-13,15,17,20H,2-4,6-8,14,16H2,1H3/t17-,20+/m0/s1. The highest BCUT2D eigenvalue weighted by Crippen LogP contribution is 2.35. The Morgan fingerprint density at radius 2 is 1.87 bits per heavy atom. The topological polar surface area (TPSA) is 66.9 Å². The first-order chi connectivity index (χ1) is 14.5. The Kier molecular flexibility index (Phi) is 6.34. The molecule has 1 saturated heterocycles. The van der Waals surface area contributed by atoms with Crippen molar-refractivity contribution in [3.63, 3.8) is 0 Å². The predicted molar refractivity (Wildman–Crippen MR) is 119 cm³/mol. The van der Waals surface area contributed by atoms with Crippen molar-refractivity contribution in [1.29, 1.82) is 0 Å². The lowest BCUT2D eigenvalue weighted by Gasteiger charge is -2.44. The van der Waals surface area contributed by atoms with Crippen molar-refractivity contribution in [3.05, 3.63) is 41.8 Å². The number of thiophene rings is 1. The normalized spacial score (nSPS) is 21.7. The maximum absolute atomic E-state index is 12.8. The zero-order valence-electron chi connectivity index (χ0n) is 17.2. The first-order valence-corrected chi connectivity index (χ1v) is 12.8. The average Bonchev–Trinajstić information content (AvgIpc) is 3.33. The van der Waals surface area contributed by atoms with Crippen LogP contribution >= 0.6 is 11.3 Å².